The van der Waals surface area contributed by atoms with Crippen molar-refractivity contribution < 1.29 is 13.6 Å². The van der Waals surface area contributed by atoms with E-state index in [0.29, 0.717) is 12.5 Å². The van der Waals surface area contributed by atoms with E-state index in [1.165, 1.54) is 0 Å². The molecule has 1 atom stereocenters. The molecule has 18 heavy (non-hydrogen) atoms. The zero-order chi connectivity index (χ0) is 13.7. The van der Waals surface area contributed by atoms with Crippen LogP contribution in [0.25, 0.3) is 0 Å². The number of rotatable bonds is 9. The Morgan fingerprint density at radius 3 is 2.61 bits per heavy atom. The van der Waals surface area contributed by atoms with Gasteiger partial charge in [-0.2, -0.15) is 0 Å². The largest absolute Gasteiger partial charge is 0.405 e. The molecule has 0 aliphatic rings. The number of halogens is 1. The van der Waals surface area contributed by atoms with Gasteiger partial charge in [0.1, 0.15) is 0 Å². The number of alkyl halides is 1. The van der Waals surface area contributed by atoms with Crippen molar-refractivity contribution in [3.8, 4) is 11.6 Å². The summed E-state index contributed by atoms with van der Waals surface area (Å²) < 4.78 is 22.4. The van der Waals surface area contributed by atoms with Crippen LogP contribution < -0.4 is 0 Å². The number of hydrogen-bond acceptors (Lipinski definition) is 3. The van der Waals surface area contributed by atoms with Crippen LogP contribution in [0.5, 0.6) is 0 Å². The van der Waals surface area contributed by atoms with Gasteiger partial charge in [-0.15, -0.1) is 11.6 Å². The van der Waals surface area contributed by atoms with Crippen molar-refractivity contribution in [2.24, 2.45) is 0 Å². The summed E-state index contributed by atoms with van der Waals surface area (Å²) in [6.07, 6.45) is 7.45. The zero-order valence-corrected chi connectivity index (χ0v) is 12.8. The SMILES string of the molecule is CCCCCC#CP(=O)(OCC)OC/C=C/CCl. The molecule has 0 fully saturated rings. The number of unbranched alkanes of at least 4 members (excludes halogenated alkanes) is 3. The summed E-state index contributed by atoms with van der Waals surface area (Å²) in [5.41, 5.74) is 2.63. The molecule has 0 amide bonds. The first-order chi connectivity index (χ1) is 8.68. The van der Waals surface area contributed by atoms with Gasteiger partial charge in [0, 0.05) is 18.0 Å². The van der Waals surface area contributed by atoms with Gasteiger partial charge in [0.05, 0.1) is 13.2 Å². The molecule has 0 aromatic carbocycles. The van der Waals surface area contributed by atoms with Gasteiger partial charge in [0.2, 0.25) is 0 Å². The minimum Gasteiger partial charge on any atom is -0.300 e. The molecule has 0 aromatic rings. The second kappa shape index (κ2) is 11.8. The van der Waals surface area contributed by atoms with E-state index in [4.69, 9.17) is 20.6 Å². The minimum absolute atomic E-state index is 0.202. The standard InChI is InChI=1S/C13H22ClO3P/c1-3-5-6-7-10-13-18(15,16-4-2)17-12-9-8-11-14/h8-9H,3-7,11-12H2,1-2H3/b9-8+. The monoisotopic (exact) mass is 292 g/mol. The molecule has 0 aliphatic carbocycles. The highest BCUT2D eigenvalue weighted by molar-refractivity contribution is 7.59. The Labute approximate surface area is 115 Å². The third-order valence-corrected chi connectivity index (χ3v) is 3.71. The van der Waals surface area contributed by atoms with Gasteiger partial charge in [0.15, 0.2) is 0 Å². The summed E-state index contributed by atoms with van der Waals surface area (Å²) in [5, 5.41) is 0. The Kier molecular flexibility index (Phi) is 11.6. The summed E-state index contributed by atoms with van der Waals surface area (Å²) in [5.74, 6) is 3.28. The Hall–Kier alpha value is -0.260. The van der Waals surface area contributed by atoms with E-state index in [2.05, 4.69) is 18.5 Å². The first-order valence-electron chi connectivity index (χ1n) is 6.28. The topological polar surface area (TPSA) is 35.5 Å². The minimum atomic E-state index is -3.26. The van der Waals surface area contributed by atoms with E-state index in [9.17, 15) is 4.57 Å². The van der Waals surface area contributed by atoms with Gasteiger partial charge in [-0.3, -0.25) is 9.05 Å². The van der Waals surface area contributed by atoms with Crippen LogP contribution in [-0.4, -0.2) is 19.1 Å². The maximum absolute atomic E-state index is 12.1. The molecule has 0 aliphatic heterocycles. The Balaban J connectivity index is 4.23. The van der Waals surface area contributed by atoms with E-state index < -0.39 is 7.60 Å². The fraction of sp³-hybridized carbons (Fsp3) is 0.692. The quantitative estimate of drug-likeness (QED) is 0.205. The summed E-state index contributed by atoms with van der Waals surface area (Å²) in [4.78, 5) is 0. The van der Waals surface area contributed by atoms with E-state index >= 15 is 0 Å². The van der Waals surface area contributed by atoms with Gasteiger partial charge < -0.3 is 0 Å². The van der Waals surface area contributed by atoms with Crippen LogP contribution in [-0.2, 0) is 13.6 Å². The lowest BCUT2D eigenvalue weighted by Gasteiger charge is -2.10. The normalized spacial score (nSPS) is 14.2. The average Bonchev–Trinajstić information content (AvgIpc) is 2.35. The van der Waals surface area contributed by atoms with Crippen molar-refractivity contribution in [3.63, 3.8) is 0 Å². The molecule has 104 valence electrons. The lowest BCUT2D eigenvalue weighted by Crippen LogP contribution is -1.94. The van der Waals surface area contributed by atoms with Gasteiger partial charge in [-0.05, 0) is 13.3 Å². The van der Waals surface area contributed by atoms with Crippen LogP contribution in [0.4, 0.5) is 0 Å². The van der Waals surface area contributed by atoms with Crippen molar-refractivity contribution in [1.82, 2.24) is 0 Å². The van der Waals surface area contributed by atoms with Crippen molar-refractivity contribution in [2.45, 2.75) is 39.5 Å². The first kappa shape index (κ1) is 17.7. The second-order valence-electron chi connectivity index (χ2n) is 3.58. The highest BCUT2D eigenvalue weighted by atomic mass is 35.5. The lowest BCUT2D eigenvalue weighted by atomic mass is 10.2. The molecule has 0 rings (SSSR count). The van der Waals surface area contributed by atoms with E-state index in [1.807, 2.05) is 0 Å². The summed E-state index contributed by atoms with van der Waals surface area (Å²) >= 11 is 5.47. The number of allylic oxidation sites excluding steroid dienone is 1. The molecule has 0 spiro atoms. The Morgan fingerprint density at radius 1 is 1.22 bits per heavy atom. The lowest BCUT2D eigenvalue weighted by molar-refractivity contribution is 0.239. The van der Waals surface area contributed by atoms with E-state index in [0.717, 1.165) is 25.7 Å². The van der Waals surface area contributed by atoms with Crippen molar-refractivity contribution >= 4 is 19.2 Å². The summed E-state index contributed by atoms with van der Waals surface area (Å²) in [6.45, 7) is 4.42. The maximum Gasteiger partial charge on any atom is 0.405 e. The summed E-state index contributed by atoms with van der Waals surface area (Å²) in [7, 11) is -3.26. The molecule has 0 bridgehead atoms. The molecule has 0 heterocycles. The van der Waals surface area contributed by atoms with E-state index in [1.54, 1.807) is 19.1 Å². The predicted molar refractivity (Wildman–Crippen MR) is 77.0 cm³/mol. The van der Waals surface area contributed by atoms with Gasteiger partial charge in [0.25, 0.3) is 0 Å². The van der Waals surface area contributed by atoms with Gasteiger partial charge in [-0.25, -0.2) is 4.57 Å². The van der Waals surface area contributed by atoms with Gasteiger partial charge >= 0.3 is 7.60 Å². The predicted octanol–water partition coefficient (Wildman–Crippen LogP) is 4.57. The number of hydrogen-bond donors (Lipinski definition) is 0. The molecule has 1 unspecified atom stereocenters. The third-order valence-electron chi connectivity index (χ3n) is 2.02. The van der Waals surface area contributed by atoms with Crippen LogP contribution >= 0.6 is 19.2 Å². The molecular weight excluding hydrogens is 271 g/mol. The molecule has 5 heteroatoms. The first-order valence-corrected chi connectivity index (χ1v) is 8.36. The Bertz CT molecular complexity index is 331. The van der Waals surface area contributed by atoms with Crippen LogP contribution in [0.15, 0.2) is 12.2 Å². The fourth-order valence-electron chi connectivity index (χ4n) is 1.16. The van der Waals surface area contributed by atoms with Crippen LogP contribution in [0.1, 0.15) is 39.5 Å². The van der Waals surface area contributed by atoms with Crippen LogP contribution in [0.3, 0.4) is 0 Å². The van der Waals surface area contributed by atoms with Crippen LogP contribution in [0, 0.1) is 11.6 Å². The van der Waals surface area contributed by atoms with E-state index in [-0.39, 0.29) is 6.61 Å². The molecule has 0 N–H and O–H groups in total. The highest BCUT2D eigenvalue weighted by Crippen LogP contribution is 2.46. The third kappa shape index (κ3) is 9.74. The molecule has 0 saturated carbocycles. The highest BCUT2D eigenvalue weighted by Gasteiger charge is 2.19. The smallest absolute Gasteiger partial charge is 0.300 e. The fourth-order valence-corrected chi connectivity index (χ4v) is 2.42. The van der Waals surface area contributed by atoms with Gasteiger partial charge in [-0.1, -0.05) is 37.8 Å². The van der Waals surface area contributed by atoms with Crippen molar-refractivity contribution in [3.05, 3.63) is 12.2 Å². The average molecular weight is 293 g/mol. The zero-order valence-electron chi connectivity index (χ0n) is 11.2. The van der Waals surface area contributed by atoms with Crippen LogP contribution in [0.2, 0.25) is 0 Å². The molecule has 3 nitrogen and oxygen atoms in total. The molecular formula is C13H22ClO3P. The summed E-state index contributed by atoms with van der Waals surface area (Å²) in [6, 6.07) is 0. The molecule has 0 saturated heterocycles. The molecule has 0 aromatic heterocycles. The second-order valence-corrected chi connectivity index (χ2v) is 5.63. The molecule has 0 radical (unpaired) electrons. The maximum atomic E-state index is 12.1. The Morgan fingerprint density at radius 2 is 2.00 bits per heavy atom. The van der Waals surface area contributed by atoms with Crippen molar-refractivity contribution in [2.75, 3.05) is 19.1 Å². The van der Waals surface area contributed by atoms with Crippen molar-refractivity contribution in [1.29, 1.82) is 0 Å².